The summed E-state index contributed by atoms with van der Waals surface area (Å²) in [6, 6.07) is 6.43. The number of urea groups is 1. The van der Waals surface area contributed by atoms with Gasteiger partial charge in [0.1, 0.15) is 5.82 Å². The van der Waals surface area contributed by atoms with Gasteiger partial charge in [-0.2, -0.15) is 0 Å². The van der Waals surface area contributed by atoms with Crippen molar-refractivity contribution in [2.45, 2.75) is 6.92 Å². The summed E-state index contributed by atoms with van der Waals surface area (Å²) in [5.41, 5.74) is 1.12. The maximum Gasteiger partial charge on any atom is 0.323 e. The minimum atomic E-state index is -0.387. The highest BCUT2D eigenvalue weighted by molar-refractivity contribution is 6.30. The van der Waals surface area contributed by atoms with E-state index in [-0.39, 0.29) is 6.03 Å². The topological polar surface area (TPSA) is 84.7 Å². The van der Waals surface area contributed by atoms with Crippen LogP contribution in [0.3, 0.4) is 0 Å². The summed E-state index contributed by atoms with van der Waals surface area (Å²) in [7, 11) is 0. The Balaban J connectivity index is 1.65. The molecule has 0 saturated heterocycles. The van der Waals surface area contributed by atoms with Gasteiger partial charge in [0.15, 0.2) is 0 Å². The van der Waals surface area contributed by atoms with Gasteiger partial charge >= 0.3 is 6.03 Å². The molecule has 2 aromatic heterocycles. The molecule has 7 nitrogen and oxygen atoms in total. The molecule has 0 atom stereocenters. The lowest BCUT2D eigenvalue weighted by molar-refractivity contribution is 0.262. The molecule has 2 heterocycles. The van der Waals surface area contributed by atoms with E-state index < -0.39 is 0 Å². The lowest BCUT2D eigenvalue weighted by Gasteiger charge is -2.08. The van der Waals surface area contributed by atoms with E-state index in [4.69, 9.17) is 11.6 Å². The average molecular weight is 329 g/mol. The molecule has 2 N–H and O–H groups in total. The van der Waals surface area contributed by atoms with Crippen LogP contribution in [0.2, 0.25) is 5.02 Å². The zero-order chi connectivity index (χ0) is 16.2. The Morgan fingerprint density at radius 3 is 2.30 bits per heavy atom. The van der Waals surface area contributed by atoms with Gasteiger partial charge in [-0.15, -0.1) is 0 Å². The highest BCUT2D eigenvalue weighted by Crippen LogP contribution is 2.14. The number of halogens is 1. The third kappa shape index (κ3) is 3.64. The monoisotopic (exact) mass is 328 g/mol. The Labute approximate surface area is 137 Å². The lowest BCUT2D eigenvalue weighted by atomic mass is 10.3. The molecule has 0 aliphatic heterocycles. The first-order valence-corrected chi connectivity index (χ1v) is 7.15. The number of benzene rings is 1. The van der Waals surface area contributed by atoms with Gasteiger partial charge in [0, 0.05) is 23.1 Å². The number of amides is 2. The number of carbonyl (C=O) groups is 1. The Morgan fingerprint density at radius 1 is 1.04 bits per heavy atom. The molecule has 0 radical (unpaired) electrons. The van der Waals surface area contributed by atoms with E-state index in [0.717, 1.165) is 5.82 Å². The average Bonchev–Trinajstić information content (AvgIpc) is 2.96. The third-order valence-corrected chi connectivity index (χ3v) is 3.29. The van der Waals surface area contributed by atoms with Crippen molar-refractivity contribution >= 4 is 29.0 Å². The standard InChI is InChI=1S/C15H13ClN6O/c1-10-17-6-7-22(10)14-18-8-13(9-19-14)21-15(23)20-12-4-2-11(16)3-5-12/h2-9H,1H3,(H2,20,21,23). The summed E-state index contributed by atoms with van der Waals surface area (Å²) in [6.45, 7) is 1.86. The van der Waals surface area contributed by atoms with Crippen LogP contribution in [0.1, 0.15) is 5.82 Å². The SMILES string of the molecule is Cc1nccn1-c1ncc(NC(=O)Nc2ccc(Cl)cc2)cn1. The zero-order valence-corrected chi connectivity index (χ0v) is 12.9. The number of hydrogen-bond donors (Lipinski definition) is 2. The second-order valence-corrected chi connectivity index (χ2v) is 5.14. The second-order valence-electron chi connectivity index (χ2n) is 4.70. The molecule has 23 heavy (non-hydrogen) atoms. The van der Waals surface area contributed by atoms with Crippen molar-refractivity contribution in [2.24, 2.45) is 0 Å². The molecule has 0 aliphatic carbocycles. The highest BCUT2D eigenvalue weighted by atomic mass is 35.5. The van der Waals surface area contributed by atoms with E-state index in [1.807, 2.05) is 6.92 Å². The van der Waals surface area contributed by atoms with Crippen molar-refractivity contribution in [3.8, 4) is 5.95 Å². The fraction of sp³-hybridized carbons (Fsp3) is 0.0667. The Kier molecular flexibility index (Phi) is 4.20. The quantitative estimate of drug-likeness (QED) is 0.772. The van der Waals surface area contributed by atoms with E-state index in [1.54, 1.807) is 41.2 Å². The normalized spacial score (nSPS) is 10.3. The Hall–Kier alpha value is -2.93. The zero-order valence-electron chi connectivity index (χ0n) is 12.2. The van der Waals surface area contributed by atoms with E-state index in [1.165, 1.54) is 12.4 Å². The fourth-order valence-electron chi connectivity index (χ4n) is 1.93. The number of nitrogens with one attached hydrogen (secondary N) is 2. The smallest absolute Gasteiger partial charge is 0.308 e. The van der Waals surface area contributed by atoms with Crippen LogP contribution in [0, 0.1) is 6.92 Å². The largest absolute Gasteiger partial charge is 0.323 e. The van der Waals surface area contributed by atoms with Gasteiger partial charge < -0.3 is 10.6 Å². The summed E-state index contributed by atoms with van der Waals surface area (Å²) >= 11 is 5.79. The van der Waals surface area contributed by atoms with Gasteiger partial charge in [-0.1, -0.05) is 11.6 Å². The summed E-state index contributed by atoms with van der Waals surface area (Å²) in [6.07, 6.45) is 6.50. The number of aromatic nitrogens is 4. The minimum Gasteiger partial charge on any atom is -0.308 e. The molecule has 116 valence electrons. The molecule has 0 fully saturated rings. The van der Waals surface area contributed by atoms with Crippen LogP contribution < -0.4 is 10.6 Å². The van der Waals surface area contributed by atoms with Crippen molar-refractivity contribution in [1.82, 2.24) is 19.5 Å². The van der Waals surface area contributed by atoms with Crippen LogP contribution >= 0.6 is 11.6 Å². The van der Waals surface area contributed by atoms with Crippen LogP contribution in [0.15, 0.2) is 49.1 Å². The first-order chi connectivity index (χ1) is 11.1. The van der Waals surface area contributed by atoms with E-state index >= 15 is 0 Å². The number of anilines is 2. The molecule has 0 saturated carbocycles. The number of nitrogens with zero attached hydrogens (tertiary/aromatic N) is 4. The summed E-state index contributed by atoms with van der Waals surface area (Å²) in [4.78, 5) is 24.4. The molecule has 1 aromatic carbocycles. The summed E-state index contributed by atoms with van der Waals surface area (Å²) in [5.74, 6) is 1.27. The van der Waals surface area contributed by atoms with Crippen molar-refractivity contribution < 1.29 is 4.79 Å². The van der Waals surface area contributed by atoms with Gasteiger partial charge in [0.05, 0.1) is 18.1 Å². The van der Waals surface area contributed by atoms with Crippen molar-refractivity contribution in [1.29, 1.82) is 0 Å². The first-order valence-electron chi connectivity index (χ1n) is 6.78. The Morgan fingerprint density at radius 2 is 1.70 bits per heavy atom. The molecule has 2 amide bonds. The van der Waals surface area contributed by atoms with Crippen LogP contribution in [-0.2, 0) is 0 Å². The summed E-state index contributed by atoms with van der Waals surface area (Å²) in [5, 5.41) is 5.95. The van der Waals surface area contributed by atoms with Gasteiger partial charge in [0.2, 0.25) is 5.95 Å². The molecule has 0 aliphatic rings. The number of hydrogen-bond acceptors (Lipinski definition) is 4. The second kappa shape index (κ2) is 6.45. The van der Waals surface area contributed by atoms with Gasteiger partial charge in [0.25, 0.3) is 0 Å². The third-order valence-electron chi connectivity index (χ3n) is 3.04. The molecular weight excluding hydrogens is 316 g/mol. The molecular formula is C15H13ClN6O. The number of rotatable bonds is 3. The van der Waals surface area contributed by atoms with E-state index in [9.17, 15) is 4.79 Å². The van der Waals surface area contributed by atoms with E-state index in [0.29, 0.717) is 22.3 Å². The van der Waals surface area contributed by atoms with Crippen LogP contribution in [0.25, 0.3) is 5.95 Å². The van der Waals surface area contributed by atoms with Crippen molar-refractivity contribution in [3.63, 3.8) is 0 Å². The maximum absolute atomic E-state index is 11.9. The first kappa shape index (κ1) is 15.0. The number of imidazole rings is 1. The summed E-state index contributed by atoms with van der Waals surface area (Å²) < 4.78 is 1.75. The molecule has 3 rings (SSSR count). The molecule has 3 aromatic rings. The van der Waals surface area contributed by atoms with Crippen LogP contribution in [0.5, 0.6) is 0 Å². The number of carbonyl (C=O) groups excluding carboxylic acids is 1. The molecule has 0 unspecified atom stereocenters. The molecule has 8 heteroatoms. The molecule has 0 bridgehead atoms. The van der Waals surface area contributed by atoms with Gasteiger partial charge in [-0.3, -0.25) is 4.57 Å². The van der Waals surface area contributed by atoms with Gasteiger partial charge in [-0.25, -0.2) is 19.7 Å². The van der Waals surface area contributed by atoms with Gasteiger partial charge in [-0.05, 0) is 31.2 Å². The van der Waals surface area contributed by atoms with Crippen LogP contribution in [0.4, 0.5) is 16.2 Å². The number of aryl methyl sites for hydroxylation is 1. The molecule has 0 spiro atoms. The lowest BCUT2D eigenvalue weighted by Crippen LogP contribution is -2.19. The van der Waals surface area contributed by atoms with Crippen LogP contribution in [-0.4, -0.2) is 25.6 Å². The predicted octanol–water partition coefficient (Wildman–Crippen LogP) is 3.27. The minimum absolute atomic E-state index is 0.387. The van der Waals surface area contributed by atoms with Crippen molar-refractivity contribution in [2.75, 3.05) is 10.6 Å². The predicted molar refractivity (Wildman–Crippen MR) is 88.0 cm³/mol. The highest BCUT2D eigenvalue weighted by Gasteiger charge is 2.06. The van der Waals surface area contributed by atoms with Crippen molar-refractivity contribution in [3.05, 3.63) is 59.9 Å². The maximum atomic E-state index is 11.9. The fourth-order valence-corrected chi connectivity index (χ4v) is 2.05. The van der Waals surface area contributed by atoms with E-state index in [2.05, 4.69) is 25.6 Å². The Bertz CT molecular complexity index is 813.